The largest absolute Gasteiger partial charge is 0.497 e. The maximum absolute atomic E-state index is 14.0. The quantitative estimate of drug-likeness (QED) is 0.0906. The third-order valence-electron chi connectivity index (χ3n) is 8.53. The monoisotopic (exact) mass is 774 g/mol. The SMILES string of the molecule is COc1ccc(C(OCCS(=O)(=O)C(COP(=O)(O)O)CC(C#N)n2nnc3ccc(C(F)(F)F)cc32)(c2ccccc2)c2ccc(OC)cc2)cc1. The van der Waals surface area contributed by atoms with Gasteiger partial charge in [-0.2, -0.15) is 18.4 Å². The summed E-state index contributed by atoms with van der Waals surface area (Å²) in [6, 6.07) is 25.8. The fourth-order valence-corrected chi connectivity index (χ4v) is 7.72. The summed E-state index contributed by atoms with van der Waals surface area (Å²) < 4.78 is 103. The number of rotatable bonds is 16. The molecular weight excluding hydrogens is 740 g/mol. The van der Waals surface area contributed by atoms with E-state index in [2.05, 4.69) is 14.8 Å². The van der Waals surface area contributed by atoms with Gasteiger partial charge in [0.1, 0.15) is 28.7 Å². The average molecular weight is 775 g/mol. The Labute approximate surface area is 302 Å². The maximum atomic E-state index is 14.0. The Morgan fingerprint density at radius 1 is 0.868 bits per heavy atom. The molecule has 0 aliphatic heterocycles. The van der Waals surface area contributed by atoms with E-state index in [1.165, 1.54) is 14.2 Å². The lowest BCUT2D eigenvalue weighted by atomic mass is 9.80. The van der Waals surface area contributed by atoms with Crippen molar-refractivity contribution in [1.82, 2.24) is 15.0 Å². The van der Waals surface area contributed by atoms with Crippen molar-refractivity contribution in [3.63, 3.8) is 0 Å². The molecular formula is C35H34F3N4O9PS. The molecule has 280 valence electrons. The van der Waals surface area contributed by atoms with Gasteiger partial charge in [-0.1, -0.05) is 59.8 Å². The van der Waals surface area contributed by atoms with Crippen LogP contribution in [0.3, 0.4) is 0 Å². The number of phosphoric ester groups is 1. The van der Waals surface area contributed by atoms with Crippen LogP contribution in [-0.2, 0) is 35.4 Å². The van der Waals surface area contributed by atoms with Crippen molar-refractivity contribution in [3.05, 3.63) is 119 Å². The molecule has 0 radical (unpaired) electrons. The summed E-state index contributed by atoms with van der Waals surface area (Å²) in [5.41, 5.74) is -0.802. The molecule has 18 heteroatoms. The second kappa shape index (κ2) is 16.0. The van der Waals surface area contributed by atoms with E-state index in [1.54, 1.807) is 66.7 Å². The summed E-state index contributed by atoms with van der Waals surface area (Å²) >= 11 is 0. The van der Waals surface area contributed by atoms with Crippen molar-refractivity contribution in [2.24, 2.45) is 0 Å². The van der Waals surface area contributed by atoms with Crippen LogP contribution in [0.5, 0.6) is 11.5 Å². The maximum Gasteiger partial charge on any atom is 0.469 e. The van der Waals surface area contributed by atoms with Gasteiger partial charge in [0, 0.05) is 6.42 Å². The fraction of sp³-hybridized carbons (Fsp3) is 0.286. The molecule has 0 amide bonds. The van der Waals surface area contributed by atoms with E-state index in [0.717, 1.165) is 22.9 Å². The first-order valence-corrected chi connectivity index (χ1v) is 19.1. The van der Waals surface area contributed by atoms with Crippen LogP contribution in [0.4, 0.5) is 13.2 Å². The Bertz CT molecular complexity index is 2160. The third kappa shape index (κ3) is 9.05. The molecule has 0 fully saturated rings. The Balaban J connectivity index is 1.51. The number of alkyl halides is 3. The molecule has 0 aliphatic carbocycles. The summed E-state index contributed by atoms with van der Waals surface area (Å²) in [5, 5.41) is 15.9. The zero-order valence-electron chi connectivity index (χ0n) is 28.3. The van der Waals surface area contributed by atoms with Crippen LogP contribution in [-0.4, -0.2) is 71.6 Å². The smallest absolute Gasteiger partial charge is 0.469 e. The number of phosphoric acid groups is 1. The molecule has 0 spiro atoms. The van der Waals surface area contributed by atoms with Crippen molar-refractivity contribution in [2.45, 2.75) is 29.5 Å². The first-order chi connectivity index (χ1) is 25.1. The second-order valence-electron chi connectivity index (χ2n) is 11.7. The highest BCUT2D eigenvalue weighted by atomic mass is 32.2. The van der Waals surface area contributed by atoms with Gasteiger partial charge >= 0.3 is 14.0 Å². The summed E-state index contributed by atoms with van der Waals surface area (Å²) in [7, 11) is -6.63. The fourth-order valence-electron chi connectivity index (χ4n) is 5.85. The third-order valence-corrected chi connectivity index (χ3v) is 11.1. The molecule has 0 saturated heterocycles. The minimum absolute atomic E-state index is 0.00633. The standard InChI is InChI=1S/C35H34F3N4O9PS/c1-48-29-13-8-25(9-14-29)34(24-6-4-3-5-7-24,26-10-15-30(49-2)16-11-26)50-18-19-53(46,47)31(23-51-52(43,44)45)21-28(22-39)42-33-20-27(35(36,37)38)12-17-32(33)40-41-42/h3-17,20,28,31H,18-19,21,23H2,1-2H3,(H2,43,44,45). The normalized spacial score (nSPS) is 13.7. The number of methoxy groups -OCH3 is 2. The van der Waals surface area contributed by atoms with Crippen molar-refractivity contribution in [2.75, 3.05) is 33.2 Å². The molecule has 0 saturated carbocycles. The Hall–Kier alpha value is -4.82. The molecule has 5 rings (SSSR count). The lowest BCUT2D eigenvalue weighted by Crippen LogP contribution is -2.37. The number of benzene rings is 4. The van der Waals surface area contributed by atoms with Gasteiger partial charge in [-0.25, -0.2) is 17.7 Å². The second-order valence-corrected chi connectivity index (χ2v) is 15.4. The van der Waals surface area contributed by atoms with E-state index in [-0.39, 0.29) is 11.0 Å². The predicted octanol–water partition coefficient (Wildman–Crippen LogP) is 5.82. The number of aromatic nitrogens is 3. The van der Waals surface area contributed by atoms with Gasteiger partial charge in [0.05, 0.1) is 55.6 Å². The van der Waals surface area contributed by atoms with Crippen molar-refractivity contribution in [1.29, 1.82) is 5.26 Å². The highest BCUT2D eigenvalue weighted by Crippen LogP contribution is 2.42. The van der Waals surface area contributed by atoms with Gasteiger partial charge in [0.25, 0.3) is 0 Å². The van der Waals surface area contributed by atoms with Crippen LogP contribution >= 0.6 is 7.82 Å². The lowest BCUT2D eigenvalue weighted by Gasteiger charge is -2.36. The first kappa shape index (κ1) is 39.4. The highest BCUT2D eigenvalue weighted by Gasteiger charge is 2.40. The average Bonchev–Trinajstić information content (AvgIpc) is 3.56. The molecule has 2 atom stereocenters. The van der Waals surface area contributed by atoms with Crippen LogP contribution in [0.2, 0.25) is 0 Å². The zero-order chi connectivity index (χ0) is 38.4. The van der Waals surface area contributed by atoms with E-state index >= 15 is 0 Å². The Morgan fingerprint density at radius 3 is 1.92 bits per heavy atom. The topological polar surface area (TPSA) is 183 Å². The van der Waals surface area contributed by atoms with Crippen molar-refractivity contribution in [3.8, 4) is 17.6 Å². The molecule has 0 bridgehead atoms. The van der Waals surface area contributed by atoms with E-state index in [0.29, 0.717) is 28.2 Å². The minimum Gasteiger partial charge on any atom is -0.497 e. The predicted molar refractivity (Wildman–Crippen MR) is 186 cm³/mol. The van der Waals surface area contributed by atoms with Gasteiger partial charge in [-0.15, -0.1) is 5.10 Å². The number of hydrogen-bond acceptors (Lipinski definition) is 10. The summed E-state index contributed by atoms with van der Waals surface area (Å²) in [5.74, 6) is 0.392. The molecule has 5 aromatic rings. The highest BCUT2D eigenvalue weighted by molar-refractivity contribution is 7.92. The molecule has 53 heavy (non-hydrogen) atoms. The van der Waals surface area contributed by atoms with Gasteiger partial charge in [-0.05, 0) is 59.2 Å². The number of hydrogen-bond donors (Lipinski definition) is 2. The Kier molecular flexibility index (Phi) is 11.9. The summed E-state index contributed by atoms with van der Waals surface area (Å²) in [4.78, 5) is 18.9. The number of halogens is 3. The summed E-state index contributed by atoms with van der Waals surface area (Å²) in [6.07, 6.45) is -5.41. The number of sulfone groups is 1. The zero-order valence-corrected chi connectivity index (χ0v) is 30.0. The van der Waals surface area contributed by atoms with Crippen LogP contribution in [0.1, 0.15) is 34.7 Å². The van der Waals surface area contributed by atoms with E-state index in [9.17, 15) is 41.2 Å². The van der Waals surface area contributed by atoms with Crippen LogP contribution in [0.25, 0.3) is 11.0 Å². The Morgan fingerprint density at radius 2 is 1.42 bits per heavy atom. The molecule has 4 aromatic carbocycles. The molecule has 1 heterocycles. The number of nitriles is 1. The lowest BCUT2D eigenvalue weighted by molar-refractivity contribution is -0.137. The van der Waals surface area contributed by atoms with E-state index in [4.69, 9.17) is 14.2 Å². The number of fused-ring (bicyclic) bond motifs is 1. The van der Waals surface area contributed by atoms with Crippen molar-refractivity contribution < 1.29 is 54.7 Å². The van der Waals surface area contributed by atoms with Gasteiger partial charge < -0.3 is 24.0 Å². The van der Waals surface area contributed by atoms with Gasteiger partial charge in [0.2, 0.25) is 0 Å². The molecule has 2 unspecified atom stereocenters. The van der Waals surface area contributed by atoms with Gasteiger partial charge in [0.15, 0.2) is 9.84 Å². The van der Waals surface area contributed by atoms with Crippen molar-refractivity contribution >= 4 is 28.7 Å². The summed E-state index contributed by atoms with van der Waals surface area (Å²) in [6.45, 7) is -1.52. The van der Waals surface area contributed by atoms with E-state index in [1.807, 2.05) is 18.2 Å². The van der Waals surface area contributed by atoms with E-state index < -0.39 is 71.7 Å². The minimum atomic E-state index is -5.21. The number of nitrogens with zero attached hydrogens (tertiary/aromatic N) is 4. The number of ether oxygens (including phenoxy) is 3. The van der Waals surface area contributed by atoms with Gasteiger partial charge in [-0.3, -0.25) is 4.52 Å². The first-order valence-electron chi connectivity index (χ1n) is 15.8. The molecule has 0 aliphatic rings. The molecule has 2 N–H and O–H groups in total. The van der Waals surface area contributed by atoms with Crippen LogP contribution in [0.15, 0.2) is 97.1 Å². The van der Waals surface area contributed by atoms with Crippen LogP contribution in [0, 0.1) is 11.3 Å². The molecule has 13 nitrogen and oxygen atoms in total. The molecule has 1 aromatic heterocycles. The van der Waals surface area contributed by atoms with Crippen LogP contribution < -0.4 is 9.47 Å².